The van der Waals surface area contributed by atoms with Crippen molar-refractivity contribution in [2.75, 3.05) is 80.7 Å². The van der Waals surface area contributed by atoms with Crippen molar-refractivity contribution in [2.24, 2.45) is 0 Å². The molecule has 0 saturated heterocycles. The van der Waals surface area contributed by atoms with Crippen LogP contribution in [0.4, 0.5) is 0 Å². The molecular weight excluding hydrogens is 837 g/mol. The number of fused-ring (bicyclic) bond motifs is 4. The molecule has 0 aromatic heterocycles. The molecule has 6 aromatic rings. The topological polar surface area (TPSA) is 158 Å². The summed E-state index contributed by atoms with van der Waals surface area (Å²) in [5.74, 6) is -0.162. The average molecular weight is 893 g/mol. The Morgan fingerprint density at radius 2 is 0.924 bits per heavy atom. The van der Waals surface area contributed by atoms with Crippen LogP contribution in [0, 0.1) is 0 Å². The maximum Gasteiger partial charge on any atom is 0.262 e. The van der Waals surface area contributed by atoms with E-state index in [0.717, 1.165) is 58.0 Å². The van der Waals surface area contributed by atoms with Crippen LogP contribution < -0.4 is 20.1 Å². The second-order valence-electron chi connectivity index (χ2n) is 17.2. The number of carbonyl (C=O) groups excluding carboxylic acids is 6. The minimum absolute atomic E-state index is 0.0379. The molecule has 0 aliphatic carbocycles. The van der Waals surface area contributed by atoms with Gasteiger partial charge in [0.05, 0.1) is 25.3 Å². The number of hydrogen-bond acceptors (Lipinski definition) is 10. The summed E-state index contributed by atoms with van der Waals surface area (Å²) in [5, 5.41) is 12.1. The van der Waals surface area contributed by atoms with Crippen molar-refractivity contribution in [1.82, 2.24) is 30.2 Å². The van der Waals surface area contributed by atoms with Crippen LogP contribution in [0.25, 0.3) is 43.1 Å². The van der Waals surface area contributed by atoms with E-state index in [1.807, 2.05) is 84.6 Å². The number of amides is 6. The monoisotopic (exact) mass is 892 g/mol. The highest BCUT2D eigenvalue weighted by Crippen LogP contribution is 2.41. The highest BCUT2D eigenvalue weighted by molar-refractivity contribution is 6.32. The van der Waals surface area contributed by atoms with Gasteiger partial charge < -0.3 is 29.9 Å². The predicted molar refractivity (Wildman–Crippen MR) is 255 cm³/mol. The lowest BCUT2D eigenvalue weighted by Gasteiger charge is -2.30. The molecule has 8 rings (SSSR count). The first-order chi connectivity index (χ1) is 32.0. The highest BCUT2D eigenvalue weighted by atomic mass is 16.5. The molecule has 2 aliphatic rings. The number of nitrogens with zero attached hydrogens (tertiary/aromatic N) is 4. The van der Waals surface area contributed by atoms with E-state index < -0.39 is 0 Å². The molecule has 0 bridgehead atoms. The lowest BCUT2D eigenvalue weighted by atomic mass is 9.89. The molecule has 342 valence electrons. The van der Waals surface area contributed by atoms with Gasteiger partial charge in [-0.3, -0.25) is 38.6 Å². The molecule has 2 aliphatic heterocycles. The third-order valence-corrected chi connectivity index (χ3v) is 12.9. The largest absolute Gasteiger partial charge is 0.496 e. The minimum atomic E-state index is -0.330. The molecule has 14 heteroatoms. The number of unbranched alkanes of at least 4 members (excludes halogenated alkanes) is 3. The highest BCUT2D eigenvalue weighted by Gasteiger charge is 2.36. The van der Waals surface area contributed by atoms with E-state index in [0.29, 0.717) is 96.6 Å². The lowest BCUT2D eigenvalue weighted by molar-refractivity contribution is -0.122. The van der Waals surface area contributed by atoms with Gasteiger partial charge in [-0.1, -0.05) is 61.4 Å². The third-order valence-electron chi connectivity index (χ3n) is 12.9. The summed E-state index contributed by atoms with van der Waals surface area (Å²) in [6.45, 7) is 3.29. The van der Waals surface area contributed by atoms with E-state index in [2.05, 4.69) is 10.6 Å². The van der Waals surface area contributed by atoms with Gasteiger partial charge in [0.2, 0.25) is 11.8 Å². The van der Waals surface area contributed by atoms with Gasteiger partial charge in [0.1, 0.15) is 11.5 Å². The molecule has 0 spiro atoms. The van der Waals surface area contributed by atoms with Crippen LogP contribution in [0.1, 0.15) is 80.0 Å². The Morgan fingerprint density at radius 3 is 1.33 bits per heavy atom. The number of imide groups is 2. The molecule has 66 heavy (non-hydrogen) atoms. The predicted octanol–water partition coefficient (Wildman–Crippen LogP) is 6.65. The Hall–Kier alpha value is -6.90. The Morgan fingerprint density at radius 1 is 0.515 bits per heavy atom. The lowest BCUT2D eigenvalue weighted by Crippen LogP contribution is -2.45. The van der Waals surface area contributed by atoms with Gasteiger partial charge in [-0.05, 0) is 84.9 Å². The number of benzene rings is 6. The van der Waals surface area contributed by atoms with Crippen LogP contribution >= 0.6 is 0 Å². The molecule has 0 fully saturated rings. The molecule has 2 N–H and O–H groups in total. The number of carbonyl (C=O) groups is 6. The number of nitrogens with one attached hydrogen (secondary N) is 2. The molecule has 0 unspecified atom stereocenters. The molecule has 0 atom stereocenters. The van der Waals surface area contributed by atoms with Crippen LogP contribution in [-0.4, -0.2) is 136 Å². The number of likely N-dealkylation sites (N-methyl/N-ethyl adjacent to an activating group) is 2. The average Bonchev–Trinajstić information content (AvgIpc) is 3.32. The van der Waals surface area contributed by atoms with E-state index in [9.17, 15) is 28.8 Å². The maximum atomic E-state index is 13.9. The van der Waals surface area contributed by atoms with Gasteiger partial charge in [0.15, 0.2) is 0 Å². The smallest absolute Gasteiger partial charge is 0.262 e. The fourth-order valence-corrected chi connectivity index (χ4v) is 9.25. The molecule has 6 aromatic carbocycles. The van der Waals surface area contributed by atoms with E-state index in [4.69, 9.17) is 9.47 Å². The van der Waals surface area contributed by atoms with Crippen molar-refractivity contribution in [1.29, 1.82) is 0 Å². The van der Waals surface area contributed by atoms with E-state index in [-0.39, 0.29) is 48.5 Å². The summed E-state index contributed by atoms with van der Waals surface area (Å²) in [4.78, 5) is 86.9. The fourth-order valence-electron chi connectivity index (χ4n) is 9.25. The summed E-state index contributed by atoms with van der Waals surface area (Å²) in [5.41, 5.74) is 1.98. The Bertz CT molecular complexity index is 2700. The Labute approximate surface area is 383 Å². The van der Waals surface area contributed by atoms with E-state index >= 15 is 0 Å². The zero-order chi connectivity index (χ0) is 46.5. The van der Waals surface area contributed by atoms with Crippen molar-refractivity contribution in [3.63, 3.8) is 0 Å². The number of rotatable bonds is 21. The van der Waals surface area contributed by atoms with Gasteiger partial charge >= 0.3 is 0 Å². The van der Waals surface area contributed by atoms with Crippen molar-refractivity contribution in [3.8, 4) is 11.5 Å². The van der Waals surface area contributed by atoms with Crippen molar-refractivity contribution in [3.05, 3.63) is 107 Å². The van der Waals surface area contributed by atoms with Gasteiger partial charge in [-0.15, -0.1) is 0 Å². The van der Waals surface area contributed by atoms with Crippen LogP contribution in [0.15, 0.2) is 84.9 Å². The zero-order valence-electron chi connectivity index (χ0n) is 38.0. The number of methoxy groups -OCH3 is 2. The molecule has 0 saturated carbocycles. The summed E-state index contributed by atoms with van der Waals surface area (Å²) < 4.78 is 11.2. The summed E-state index contributed by atoms with van der Waals surface area (Å²) in [7, 11) is 6.96. The summed E-state index contributed by atoms with van der Waals surface area (Å²) in [6, 6.07) is 26.3. The van der Waals surface area contributed by atoms with Gasteiger partial charge in [-0.2, -0.15) is 0 Å². The maximum absolute atomic E-state index is 13.9. The molecule has 0 radical (unpaired) electrons. The first-order valence-electron chi connectivity index (χ1n) is 22.7. The van der Waals surface area contributed by atoms with Gasteiger partial charge in [0, 0.05) is 97.9 Å². The van der Waals surface area contributed by atoms with Crippen molar-refractivity contribution in [2.45, 2.75) is 38.5 Å². The second kappa shape index (κ2) is 20.1. The zero-order valence-corrected chi connectivity index (χ0v) is 38.0. The molecular formula is C52H56N6O8. The first-order valence-corrected chi connectivity index (χ1v) is 22.7. The van der Waals surface area contributed by atoms with Crippen LogP contribution in [0.2, 0.25) is 0 Å². The summed E-state index contributed by atoms with van der Waals surface area (Å²) >= 11 is 0. The van der Waals surface area contributed by atoms with Crippen LogP contribution in [0.3, 0.4) is 0 Å². The fraction of sp³-hybridized carbons (Fsp3) is 0.346. The number of hydrogen-bond donors (Lipinski definition) is 2. The van der Waals surface area contributed by atoms with E-state index in [1.54, 1.807) is 38.5 Å². The van der Waals surface area contributed by atoms with Gasteiger partial charge in [-0.25, -0.2) is 0 Å². The normalized spacial score (nSPS) is 13.5. The molecule has 14 nitrogen and oxygen atoms in total. The summed E-state index contributed by atoms with van der Waals surface area (Å²) in [6.07, 6.45) is 3.88. The minimum Gasteiger partial charge on any atom is -0.496 e. The second-order valence-corrected chi connectivity index (χ2v) is 17.2. The first kappa shape index (κ1) is 45.7. The standard InChI is InChI=1S/C52H56N6O8/c1-55(27-29-57-49(61)37-19-21-41(65-3)39-31-33-13-9-11-15-35(33)47(45(37)39)51(57)63)25-23-53-43(59)17-7-5-6-8-18-44(60)54-24-26-56(2)28-30-58-50(62)38-20-22-42(66-4)40-32-34-14-10-12-16-36(34)48(46(38)40)52(58)64/h9-16,19-22,31-32H,5-8,17-18,23-30H2,1-4H3,(H,53,59)(H,54,60). The van der Waals surface area contributed by atoms with Crippen molar-refractivity contribution >= 4 is 78.5 Å². The van der Waals surface area contributed by atoms with Gasteiger partial charge in [0.25, 0.3) is 23.6 Å². The molecule has 2 heterocycles. The number of ether oxygens (including phenoxy) is 2. The van der Waals surface area contributed by atoms with Crippen LogP contribution in [-0.2, 0) is 9.59 Å². The van der Waals surface area contributed by atoms with Crippen LogP contribution in [0.5, 0.6) is 11.5 Å². The Balaban J connectivity index is 0.694. The third kappa shape index (κ3) is 9.16. The Kier molecular flexibility index (Phi) is 13.9. The SMILES string of the molecule is COc1ccc2c3c(c4ccccc4cc13)C(=O)N(CCN(C)CCNC(=O)CCCCCCC(=O)NCCN(C)CCN1C(=O)c3ccc(OC)c4cc5ccccc5c(c34)C1=O)C2=O. The molecule has 6 amide bonds. The van der Waals surface area contributed by atoms with E-state index in [1.165, 1.54) is 9.80 Å². The van der Waals surface area contributed by atoms with Crippen molar-refractivity contribution < 1.29 is 38.2 Å². The quantitative estimate of drug-likeness (QED) is 0.0456.